The topological polar surface area (TPSA) is 49.9 Å². The molecular weight excluding hydrogens is 371 g/mol. The molecule has 2 saturated heterocycles. The van der Waals surface area contributed by atoms with Crippen LogP contribution in [-0.4, -0.2) is 63.1 Å². The lowest BCUT2D eigenvalue weighted by molar-refractivity contribution is 0.0749. The van der Waals surface area contributed by atoms with Gasteiger partial charge in [0.05, 0.1) is 11.0 Å². The van der Waals surface area contributed by atoms with Crippen LogP contribution >= 0.6 is 23.2 Å². The van der Waals surface area contributed by atoms with Crippen LogP contribution in [0.3, 0.4) is 0 Å². The van der Waals surface area contributed by atoms with Crippen LogP contribution in [0.15, 0.2) is 23.1 Å². The molecule has 2 heterocycles. The first-order chi connectivity index (χ1) is 11.4. The maximum absolute atomic E-state index is 12.9. The molecule has 1 aromatic rings. The van der Waals surface area contributed by atoms with Gasteiger partial charge in [0, 0.05) is 42.8 Å². The molecule has 24 heavy (non-hydrogen) atoms. The van der Waals surface area contributed by atoms with Crippen LogP contribution in [0.1, 0.15) is 19.3 Å². The monoisotopic (exact) mass is 392 g/mol. The van der Waals surface area contributed by atoms with E-state index < -0.39 is 10.0 Å². The van der Waals surface area contributed by atoms with Gasteiger partial charge < -0.3 is 4.74 Å². The summed E-state index contributed by atoms with van der Waals surface area (Å²) in [6.07, 6.45) is 3.31. The van der Waals surface area contributed by atoms with Crippen molar-refractivity contribution in [2.24, 2.45) is 0 Å². The average molecular weight is 393 g/mol. The molecule has 0 bridgehead atoms. The number of ether oxygens (including phenoxy) is 1. The molecular formula is C16H22Cl2N2O3S. The molecule has 0 aliphatic carbocycles. The van der Waals surface area contributed by atoms with Crippen molar-refractivity contribution in [2.45, 2.75) is 30.3 Å². The van der Waals surface area contributed by atoms with E-state index in [1.165, 1.54) is 22.5 Å². The van der Waals surface area contributed by atoms with Crippen LogP contribution in [0.25, 0.3) is 0 Å². The first kappa shape index (κ1) is 18.4. The Labute approximate surface area is 153 Å². The fourth-order valence-corrected chi connectivity index (χ4v) is 5.47. The van der Waals surface area contributed by atoms with Crippen molar-refractivity contribution in [2.75, 3.05) is 39.3 Å². The largest absolute Gasteiger partial charge is 0.377 e. The molecule has 0 amide bonds. The normalized spacial score (nSPS) is 24.2. The van der Waals surface area contributed by atoms with Gasteiger partial charge in [-0.3, -0.25) is 4.90 Å². The van der Waals surface area contributed by atoms with Gasteiger partial charge in [-0.1, -0.05) is 23.2 Å². The number of benzene rings is 1. The Balaban J connectivity index is 1.68. The van der Waals surface area contributed by atoms with Gasteiger partial charge in [-0.2, -0.15) is 4.31 Å². The Kier molecular flexibility index (Phi) is 6.06. The molecule has 0 N–H and O–H groups in total. The quantitative estimate of drug-likeness (QED) is 0.790. The highest BCUT2D eigenvalue weighted by Crippen LogP contribution is 2.25. The van der Waals surface area contributed by atoms with Crippen LogP contribution in [0.4, 0.5) is 0 Å². The van der Waals surface area contributed by atoms with Crippen LogP contribution in [-0.2, 0) is 14.8 Å². The number of rotatable bonds is 4. The maximum Gasteiger partial charge on any atom is 0.243 e. The fourth-order valence-electron chi connectivity index (χ4n) is 3.27. The van der Waals surface area contributed by atoms with Crippen LogP contribution < -0.4 is 0 Å². The molecule has 0 aromatic heterocycles. The second-order valence-electron chi connectivity index (χ2n) is 6.30. The Hall–Kier alpha value is -0.370. The van der Waals surface area contributed by atoms with E-state index in [1.807, 2.05) is 0 Å². The minimum Gasteiger partial charge on any atom is -0.377 e. The van der Waals surface area contributed by atoms with Gasteiger partial charge in [0.1, 0.15) is 0 Å². The number of nitrogens with zero attached hydrogens (tertiary/aromatic N) is 2. The van der Waals surface area contributed by atoms with E-state index in [1.54, 1.807) is 0 Å². The van der Waals surface area contributed by atoms with E-state index >= 15 is 0 Å². The summed E-state index contributed by atoms with van der Waals surface area (Å²) >= 11 is 11.9. The molecule has 5 nitrogen and oxygen atoms in total. The summed E-state index contributed by atoms with van der Waals surface area (Å²) in [5.74, 6) is 0. The van der Waals surface area contributed by atoms with Gasteiger partial charge in [-0.05, 0) is 44.0 Å². The molecule has 0 spiro atoms. The molecule has 134 valence electrons. The van der Waals surface area contributed by atoms with Gasteiger partial charge in [0.25, 0.3) is 0 Å². The van der Waals surface area contributed by atoms with E-state index in [0.29, 0.717) is 35.8 Å². The lowest BCUT2D eigenvalue weighted by atomic mass is 10.2. The lowest BCUT2D eigenvalue weighted by Crippen LogP contribution is -2.37. The minimum atomic E-state index is -3.57. The molecule has 2 aliphatic heterocycles. The van der Waals surface area contributed by atoms with Crippen molar-refractivity contribution in [3.05, 3.63) is 28.2 Å². The van der Waals surface area contributed by atoms with E-state index in [0.717, 1.165) is 39.0 Å². The zero-order valence-corrected chi connectivity index (χ0v) is 15.8. The number of sulfonamides is 1. The Morgan fingerprint density at radius 3 is 2.46 bits per heavy atom. The minimum absolute atomic E-state index is 0.160. The Morgan fingerprint density at radius 1 is 1.04 bits per heavy atom. The zero-order chi connectivity index (χ0) is 17.2. The summed E-state index contributed by atoms with van der Waals surface area (Å²) in [7, 11) is -3.57. The van der Waals surface area contributed by atoms with E-state index in [2.05, 4.69) is 4.90 Å². The standard InChI is InChI=1S/C16H22Cl2N2O3S/c17-13-9-14(18)11-16(10-13)24(21,22)20-5-2-4-19(6-7-20)12-15-3-1-8-23-15/h9-11,15H,1-8,12H2/t15-/m1/s1. The third-order valence-corrected chi connectivity index (χ3v) is 6.82. The van der Waals surface area contributed by atoms with E-state index in [4.69, 9.17) is 27.9 Å². The number of halogens is 2. The van der Waals surface area contributed by atoms with Crippen molar-refractivity contribution in [1.29, 1.82) is 0 Å². The van der Waals surface area contributed by atoms with Gasteiger partial charge in [0.15, 0.2) is 0 Å². The Morgan fingerprint density at radius 2 is 1.79 bits per heavy atom. The molecule has 2 aliphatic rings. The van der Waals surface area contributed by atoms with E-state index in [9.17, 15) is 8.42 Å². The SMILES string of the molecule is O=S(=O)(c1cc(Cl)cc(Cl)c1)N1CCCN(C[C@H]2CCCO2)CC1. The summed E-state index contributed by atoms with van der Waals surface area (Å²) in [5, 5.41) is 0.659. The van der Waals surface area contributed by atoms with Crippen molar-refractivity contribution >= 4 is 33.2 Å². The molecule has 0 saturated carbocycles. The lowest BCUT2D eigenvalue weighted by Gasteiger charge is -2.24. The number of hydrogen-bond acceptors (Lipinski definition) is 4. The molecule has 8 heteroatoms. The predicted molar refractivity (Wildman–Crippen MR) is 95.3 cm³/mol. The van der Waals surface area contributed by atoms with Crippen LogP contribution in [0.2, 0.25) is 10.0 Å². The van der Waals surface area contributed by atoms with Crippen molar-refractivity contribution in [3.63, 3.8) is 0 Å². The highest BCUT2D eigenvalue weighted by atomic mass is 35.5. The van der Waals surface area contributed by atoms with Gasteiger partial charge in [0.2, 0.25) is 10.0 Å². The van der Waals surface area contributed by atoms with Crippen LogP contribution in [0, 0.1) is 0 Å². The molecule has 2 fully saturated rings. The second-order valence-corrected chi connectivity index (χ2v) is 9.11. The Bertz CT molecular complexity index is 658. The zero-order valence-electron chi connectivity index (χ0n) is 13.5. The fraction of sp³-hybridized carbons (Fsp3) is 0.625. The number of hydrogen-bond donors (Lipinski definition) is 0. The second kappa shape index (κ2) is 7.89. The van der Waals surface area contributed by atoms with Crippen LogP contribution in [0.5, 0.6) is 0 Å². The smallest absolute Gasteiger partial charge is 0.243 e. The highest BCUT2D eigenvalue weighted by Gasteiger charge is 2.28. The third-order valence-electron chi connectivity index (χ3n) is 4.51. The molecule has 3 rings (SSSR count). The molecule has 1 atom stereocenters. The van der Waals surface area contributed by atoms with Gasteiger partial charge in [-0.25, -0.2) is 8.42 Å². The van der Waals surface area contributed by atoms with Crippen molar-refractivity contribution < 1.29 is 13.2 Å². The molecule has 0 radical (unpaired) electrons. The van der Waals surface area contributed by atoms with Crippen molar-refractivity contribution in [3.8, 4) is 0 Å². The summed E-state index contributed by atoms with van der Waals surface area (Å²) < 4.78 is 32.9. The molecule has 1 aromatic carbocycles. The van der Waals surface area contributed by atoms with E-state index in [-0.39, 0.29) is 4.90 Å². The maximum atomic E-state index is 12.9. The first-order valence-electron chi connectivity index (χ1n) is 8.25. The summed E-state index contributed by atoms with van der Waals surface area (Å²) in [6, 6.07) is 4.45. The highest BCUT2D eigenvalue weighted by molar-refractivity contribution is 7.89. The predicted octanol–water partition coefficient (Wildman–Crippen LogP) is 2.87. The third kappa shape index (κ3) is 4.42. The van der Waals surface area contributed by atoms with Gasteiger partial charge in [-0.15, -0.1) is 0 Å². The van der Waals surface area contributed by atoms with Crippen molar-refractivity contribution in [1.82, 2.24) is 9.21 Å². The van der Waals surface area contributed by atoms with Gasteiger partial charge >= 0.3 is 0 Å². The first-order valence-corrected chi connectivity index (χ1v) is 10.4. The summed E-state index contributed by atoms with van der Waals surface area (Å²) in [4.78, 5) is 2.46. The average Bonchev–Trinajstić information content (AvgIpc) is 2.90. The summed E-state index contributed by atoms with van der Waals surface area (Å²) in [6.45, 7) is 4.31. The summed E-state index contributed by atoms with van der Waals surface area (Å²) in [5.41, 5.74) is 0. The molecule has 0 unspecified atom stereocenters.